The number of Topliss-reactive ketones (excluding diaryl/α,β-unsaturated/α-hetero) is 1. The van der Waals surface area contributed by atoms with E-state index in [1.54, 1.807) is 20.8 Å². The molecule has 0 saturated carbocycles. The van der Waals surface area contributed by atoms with Crippen LogP contribution in [-0.2, 0) is 20.9 Å². The van der Waals surface area contributed by atoms with Gasteiger partial charge < -0.3 is 14.8 Å². The third-order valence-electron chi connectivity index (χ3n) is 3.55. The van der Waals surface area contributed by atoms with Crippen molar-refractivity contribution >= 4 is 11.9 Å². The van der Waals surface area contributed by atoms with Gasteiger partial charge in [-0.3, -0.25) is 4.79 Å². The quantitative estimate of drug-likeness (QED) is 0.729. The number of alkyl carbamates (subject to hydrolysis) is 1. The maximum absolute atomic E-state index is 12.4. The number of hydrogen-bond acceptors (Lipinski definition) is 4. The lowest BCUT2D eigenvalue weighted by molar-refractivity contribution is -0.122. The van der Waals surface area contributed by atoms with E-state index in [1.165, 1.54) is 0 Å². The van der Waals surface area contributed by atoms with Gasteiger partial charge in [0.05, 0.1) is 12.6 Å². The molecule has 0 radical (unpaired) electrons. The Morgan fingerprint density at radius 2 is 1.80 bits per heavy atom. The first kappa shape index (κ1) is 21.2. The molecule has 5 heteroatoms. The number of amides is 1. The van der Waals surface area contributed by atoms with Crippen molar-refractivity contribution < 1.29 is 19.1 Å². The molecule has 0 aromatic heterocycles. The van der Waals surface area contributed by atoms with Crippen LogP contribution in [0, 0.1) is 5.92 Å². The second kappa shape index (κ2) is 10.2. The lowest BCUT2D eigenvalue weighted by atomic mass is 9.99. The third-order valence-corrected chi connectivity index (χ3v) is 3.55. The summed E-state index contributed by atoms with van der Waals surface area (Å²) < 4.78 is 10.9. The van der Waals surface area contributed by atoms with E-state index in [0.717, 1.165) is 5.56 Å². The molecule has 1 aromatic carbocycles. The smallest absolute Gasteiger partial charge is 0.408 e. The van der Waals surface area contributed by atoms with Gasteiger partial charge in [0, 0.05) is 13.0 Å². The Hall–Kier alpha value is -1.88. The highest BCUT2D eigenvalue weighted by Crippen LogP contribution is 2.11. The van der Waals surface area contributed by atoms with Crippen molar-refractivity contribution in [3.05, 3.63) is 35.9 Å². The summed E-state index contributed by atoms with van der Waals surface area (Å²) in [4.78, 5) is 24.2. The lowest BCUT2D eigenvalue weighted by Gasteiger charge is -2.23. The van der Waals surface area contributed by atoms with E-state index in [9.17, 15) is 9.59 Å². The highest BCUT2D eigenvalue weighted by molar-refractivity contribution is 5.87. The Balaban J connectivity index is 2.37. The molecular formula is C20H31NO4. The van der Waals surface area contributed by atoms with Crippen molar-refractivity contribution in [1.29, 1.82) is 0 Å². The number of nitrogens with one attached hydrogen (secondary N) is 1. The van der Waals surface area contributed by atoms with Gasteiger partial charge in [-0.25, -0.2) is 4.79 Å². The van der Waals surface area contributed by atoms with Crippen molar-refractivity contribution in [2.75, 3.05) is 6.61 Å². The van der Waals surface area contributed by atoms with Crippen LogP contribution in [-0.4, -0.2) is 30.1 Å². The van der Waals surface area contributed by atoms with Crippen molar-refractivity contribution in [1.82, 2.24) is 5.32 Å². The summed E-state index contributed by atoms with van der Waals surface area (Å²) in [5.74, 6) is 0.0925. The fourth-order valence-corrected chi connectivity index (χ4v) is 2.36. The highest BCUT2D eigenvalue weighted by Gasteiger charge is 2.24. The minimum absolute atomic E-state index is 0.00386. The number of hydrogen-bond donors (Lipinski definition) is 1. The molecular weight excluding hydrogens is 318 g/mol. The predicted octanol–water partition coefficient (Wildman–Crippen LogP) is 4.10. The Labute approximate surface area is 151 Å². The minimum Gasteiger partial charge on any atom is -0.444 e. The number of carbonyl (C=O) groups excluding carboxylic acids is 2. The summed E-state index contributed by atoms with van der Waals surface area (Å²) in [5.41, 5.74) is 0.531. The lowest BCUT2D eigenvalue weighted by Crippen LogP contribution is -2.43. The van der Waals surface area contributed by atoms with Crippen LogP contribution in [0.25, 0.3) is 0 Å². The number of rotatable bonds is 9. The van der Waals surface area contributed by atoms with E-state index in [4.69, 9.17) is 9.47 Å². The van der Waals surface area contributed by atoms with Gasteiger partial charge in [-0.1, -0.05) is 44.2 Å². The van der Waals surface area contributed by atoms with Gasteiger partial charge in [-0.15, -0.1) is 0 Å². The molecule has 0 aliphatic heterocycles. The summed E-state index contributed by atoms with van der Waals surface area (Å²) in [7, 11) is 0. The molecule has 140 valence electrons. The van der Waals surface area contributed by atoms with Gasteiger partial charge in [0.25, 0.3) is 0 Å². The van der Waals surface area contributed by atoms with Gasteiger partial charge in [-0.2, -0.15) is 0 Å². The Morgan fingerprint density at radius 1 is 1.16 bits per heavy atom. The second-order valence-corrected chi connectivity index (χ2v) is 7.38. The molecule has 0 bridgehead atoms. The molecule has 1 aromatic rings. The predicted molar refractivity (Wildman–Crippen MR) is 98.3 cm³/mol. The van der Waals surface area contributed by atoms with E-state index in [-0.39, 0.29) is 11.7 Å². The second-order valence-electron chi connectivity index (χ2n) is 7.38. The van der Waals surface area contributed by atoms with E-state index >= 15 is 0 Å². The number of ether oxygens (including phenoxy) is 2. The molecule has 5 nitrogen and oxygen atoms in total. The van der Waals surface area contributed by atoms with Gasteiger partial charge in [0.2, 0.25) is 0 Å². The van der Waals surface area contributed by atoms with E-state index in [1.807, 2.05) is 44.2 Å². The molecule has 0 aliphatic carbocycles. The zero-order valence-corrected chi connectivity index (χ0v) is 16.0. The van der Waals surface area contributed by atoms with E-state index in [0.29, 0.717) is 26.1 Å². The maximum Gasteiger partial charge on any atom is 0.408 e. The molecule has 0 saturated heterocycles. The molecule has 0 heterocycles. The molecule has 2 atom stereocenters. The van der Waals surface area contributed by atoms with Crippen molar-refractivity contribution in [2.45, 2.75) is 65.7 Å². The molecule has 1 rings (SSSR count). The normalized spacial score (nSPS) is 13.8. The van der Waals surface area contributed by atoms with Crippen LogP contribution in [0.15, 0.2) is 30.3 Å². The van der Waals surface area contributed by atoms with Gasteiger partial charge in [0.15, 0.2) is 5.78 Å². The van der Waals surface area contributed by atoms with Gasteiger partial charge >= 0.3 is 6.09 Å². The fourth-order valence-electron chi connectivity index (χ4n) is 2.36. The molecule has 1 amide bonds. The largest absolute Gasteiger partial charge is 0.444 e. The topological polar surface area (TPSA) is 64.6 Å². The monoisotopic (exact) mass is 349 g/mol. The van der Waals surface area contributed by atoms with Crippen LogP contribution < -0.4 is 5.32 Å². The maximum atomic E-state index is 12.4. The molecule has 25 heavy (non-hydrogen) atoms. The zero-order chi connectivity index (χ0) is 18.9. The first-order valence-electron chi connectivity index (χ1n) is 8.85. The average molecular weight is 349 g/mol. The number of ketones is 1. The standard InChI is InChI=1S/C20H31NO4/c1-6-17(21-19(23)25-20(3,4)5)18(22)12-15(2)13-24-14-16-10-8-7-9-11-16/h7-11,15,17H,6,12-14H2,1-5H3,(H,21,23)/t15?,17-/m1/s1. The summed E-state index contributed by atoms with van der Waals surface area (Å²) in [6, 6.07) is 9.40. The third kappa shape index (κ3) is 9.25. The minimum atomic E-state index is -0.579. The average Bonchev–Trinajstić information content (AvgIpc) is 2.51. The van der Waals surface area contributed by atoms with Crippen molar-refractivity contribution in [3.8, 4) is 0 Å². The molecule has 0 aliphatic rings. The van der Waals surface area contributed by atoms with Crippen LogP contribution in [0.3, 0.4) is 0 Å². The van der Waals surface area contributed by atoms with Crippen LogP contribution in [0.4, 0.5) is 4.79 Å². The van der Waals surface area contributed by atoms with Crippen LogP contribution in [0.2, 0.25) is 0 Å². The van der Waals surface area contributed by atoms with Crippen molar-refractivity contribution in [2.24, 2.45) is 5.92 Å². The Bertz CT molecular complexity index is 536. The van der Waals surface area contributed by atoms with Crippen LogP contribution in [0.1, 0.15) is 53.0 Å². The first-order chi connectivity index (χ1) is 11.7. The molecule has 0 spiro atoms. The first-order valence-corrected chi connectivity index (χ1v) is 8.85. The van der Waals surface area contributed by atoms with Crippen molar-refractivity contribution in [3.63, 3.8) is 0 Å². The van der Waals surface area contributed by atoms with E-state index < -0.39 is 17.7 Å². The highest BCUT2D eigenvalue weighted by atomic mass is 16.6. The summed E-state index contributed by atoms with van der Waals surface area (Å²) >= 11 is 0. The Kier molecular flexibility index (Phi) is 8.62. The van der Waals surface area contributed by atoms with Gasteiger partial charge in [0.1, 0.15) is 5.60 Å². The van der Waals surface area contributed by atoms with E-state index in [2.05, 4.69) is 5.32 Å². The Morgan fingerprint density at radius 3 is 2.36 bits per heavy atom. The molecule has 1 unspecified atom stereocenters. The number of carbonyl (C=O) groups is 2. The van der Waals surface area contributed by atoms with Gasteiger partial charge in [-0.05, 0) is 38.7 Å². The SMILES string of the molecule is CC[C@@H](NC(=O)OC(C)(C)C)C(=O)CC(C)COCc1ccccc1. The summed E-state index contributed by atoms with van der Waals surface area (Å²) in [6.07, 6.45) is 0.347. The molecule has 0 fully saturated rings. The van der Waals surface area contributed by atoms with Crippen LogP contribution >= 0.6 is 0 Å². The molecule has 1 N–H and O–H groups in total. The zero-order valence-electron chi connectivity index (χ0n) is 16.0. The summed E-state index contributed by atoms with van der Waals surface area (Å²) in [6.45, 7) is 10.3. The fraction of sp³-hybridized carbons (Fsp3) is 0.600. The number of benzene rings is 1. The summed E-state index contributed by atoms with van der Waals surface area (Å²) in [5, 5.41) is 2.66. The van der Waals surface area contributed by atoms with Crippen LogP contribution in [0.5, 0.6) is 0 Å².